The Hall–Kier alpha value is -1.84. The highest BCUT2D eigenvalue weighted by Gasteiger charge is 2.10. The van der Waals surface area contributed by atoms with Gasteiger partial charge in [0.25, 0.3) is 0 Å². The van der Waals surface area contributed by atoms with Crippen molar-refractivity contribution in [1.29, 1.82) is 0 Å². The molecular weight excluding hydrogens is 304 g/mol. The first kappa shape index (κ1) is 20.2. The molecule has 1 aromatic rings. The monoisotopic (exact) mass is 334 g/mol. The summed E-state index contributed by atoms with van der Waals surface area (Å²) < 4.78 is 9.05. The van der Waals surface area contributed by atoms with E-state index in [4.69, 9.17) is 0 Å². The Balaban J connectivity index is 1.85. The maximum Gasteiger partial charge on any atom is 0.516 e. The van der Waals surface area contributed by atoms with Gasteiger partial charge in [0.05, 0.1) is 6.61 Å². The van der Waals surface area contributed by atoms with Crippen LogP contribution in [0.25, 0.3) is 0 Å². The Morgan fingerprint density at radius 2 is 1.42 bits per heavy atom. The van der Waals surface area contributed by atoms with E-state index in [0.717, 1.165) is 19.3 Å². The zero-order chi connectivity index (χ0) is 17.5. The number of hydrogen-bond donors (Lipinski definition) is 0. The SMILES string of the molecule is CCOC(=O)OC(=O)CCCCCCCCCCc1ccccc1. The molecule has 0 saturated heterocycles. The molecule has 134 valence electrons. The number of ether oxygens (including phenoxy) is 2. The second-order valence-corrected chi connectivity index (χ2v) is 5.97. The zero-order valence-corrected chi connectivity index (χ0v) is 14.8. The van der Waals surface area contributed by atoms with Gasteiger partial charge in [-0.05, 0) is 31.7 Å². The van der Waals surface area contributed by atoms with Crippen LogP contribution in [0.2, 0.25) is 0 Å². The second-order valence-electron chi connectivity index (χ2n) is 5.97. The number of carbonyl (C=O) groups is 2. The maximum absolute atomic E-state index is 11.3. The van der Waals surface area contributed by atoms with Gasteiger partial charge in [-0.25, -0.2) is 4.79 Å². The molecule has 1 rings (SSSR count). The second kappa shape index (κ2) is 13.6. The lowest BCUT2D eigenvalue weighted by atomic mass is 10.0. The largest absolute Gasteiger partial charge is 0.516 e. The van der Waals surface area contributed by atoms with Gasteiger partial charge in [0.2, 0.25) is 0 Å². The van der Waals surface area contributed by atoms with Crippen LogP contribution in [-0.2, 0) is 20.7 Å². The van der Waals surface area contributed by atoms with E-state index in [9.17, 15) is 9.59 Å². The smallest absolute Gasteiger partial charge is 0.434 e. The van der Waals surface area contributed by atoms with Crippen LogP contribution in [0.1, 0.15) is 70.3 Å². The summed E-state index contributed by atoms with van der Waals surface area (Å²) in [7, 11) is 0. The van der Waals surface area contributed by atoms with Crippen LogP contribution in [0.5, 0.6) is 0 Å². The van der Waals surface area contributed by atoms with Gasteiger partial charge in [-0.1, -0.05) is 68.9 Å². The summed E-state index contributed by atoms with van der Waals surface area (Å²) in [6, 6.07) is 10.6. The molecule has 0 bridgehead atoms. The average molecular weight is 334 g/mol. The fourth-order valence-corrected chi connectivity index (χ4v) is 2.60. The van der Waals surface area contributed by atoms with Crippen LogP contribution in [0, 0.1) is 0 Å². The molecule has 1 aromatic carbocycles. The van der Waals surface area contributed by atoms with E-state index in [1.165, 1.54) is 44.1 Å². The van der Waals surface area contributed by atoms with Crippen molar-refractivity contribution in [3.8, 4) is 0 Å². The molecule has 0 atom stereocenters. The van der Waals surface area contributed by atoms with Crippen LogP contribution in [0.15, 0.2) is 30.3 Å². The molecule has 24 heavy (non-hydrogen) atoms. The van der Waals surface area contributed by atoms with Crippen LogP contribution < -0.4 is 0 Å². The van der Waals surface area contributed by atoms with E-state index in [-0.39, 0.29) is 13.0 Å². The third kappa shape index (κ3) is 10.8. The number of hydrogen-bond acceptors (Lipinski definition) is 4. The van der Waals surface area contributed by atoms with Crippen LogP contribution in [0.3, 0.4) is 0 Å². The summed E-state index contributed by atoms with van der Waals surface area (Å²) in [5.74, 6) is -0.491. The lowest BCUT2D eigenvalue weighted by molar-refractivity contribution is -0.139. The summed E-state index contributed by atoms with van der Waals surface area (Å²) in [6.45, 7) is 1.89. The molecule has 0 amide bonds. The van der Waals surface area contributed by atoms with E-state index in [0.29, 0.717) is 0 Å². The first-order valence-electron chi connectivity index (χ1n) is 9.13. The third-order valence-electron chi connectivity index (χ3n) is 3.90. The first-order chi connectivity index (χ1) is 11.7. The van der Waals surface area contributed by atoms with Crippen molar-refractivity contribution in [2.75, 3.05) is 6.61 Å². The Morgan fingerprint density at radius 1 is 0.833 bits per heavy atom. The number of benzene rings is 1. The third-order valence-corrected chi connectivity index (χ3v) is 3.90. The van der Waals surface area contributed by atoms with Gasteiger partial charge in [-0.3, -0.25) is 4.79 Å². The van der Waals surface area contributed by atoms with Crippen LogP contribution in [-0.4, -0.2) is 18.7 Å². The molecule has 0 aliphatic rings. The van der Waals surface area contributed by atoms with Gasteiger partial charge in [0.1, 0.15) is 0 Å². The van der Waals surface area contributed by atoms with Crippen molar-refractivity contribution in [2.45, 2.75) is 71.1 Å². The molecule has 4 nitrogen and oxygen atoms in total. The molecule has 0 N–H and O–H groups in total. The highest BCUT2D eigenvalue weighted by Crippen LogP contribution is 2.12. The molecule has 0 saturated carbocycles. The van der Waals surface area contributed by atoms with Crippen molar-refractivity contribution in [1.82, 2.24) is 0 Å². The van der Waals surface area contributed by atoms with Gasteiger partial charge in [-0.2, -0.15) is 0 Å². The van der Waals surface area contributed by atoms with Gasteiger partial charge in [0.15, 0.2) is 0 Å². The number of unbranched alkanes of at least 4 members (excludes halogenated alkanes) is 7. The van der Waals surface area contributed by atoms with Gasteiger partial charge in [0, 0.05) is 6.42 Å². The predicted octanol–water partition coefficient (Wildman–Crippen LogP) is 5.44. The molecule has 0 fully saturated rings. The topological polar surface area (TPSA) is 52.6 Å². The normalized spacial score (nSPS) is 10.4. The van der Waals surface area contributed by atoms with Crippen molar-refractivity contribution < 1.29 is 19.1 Å². The van der Waals surface area contributed by atoms with Crippen molar-refractivity contribution in [3.05, 3.63) is 35.9 Å². The zero-order valence-electron chi connectivity index (χ0n) is 14.8. The lowest BCUT2D eigenvalue weighted by Crippen LogP contribution is -2.13. The molecule has 0 aliphatic carbocycles. The molecule has 0 radical (unpaired) electrons. The standard InChI is InChI=1S/C20H30O4/c1-2-23-20(22)24-19(21)17-13-8-6-4-3-5-7-10-14-18-15-11-9-12-16-18/h9,11-12,15-16H,2-8,10,13-14,17H2,1H3. The average Bonchev–Trinajstić information content (AvgIpc) is 2.57. The van der Waals surface area contributed by atoms with E-state index >= 15 is 0 Å². The Bertz CT molecular complexity index is 456. The molecule has 0 spiro atoms. The van der Waals surface area contributed by atoms with E-state index in [2.05, 4.69) is 39.8 Å². The Kier molecular flexibility index (Phi) is 11.4. The summed E-state index contributed by atoms with van der Waals surface area (Å²) in [6.07, 6.45) is 9.74. The summed E-state index contributed by atoms with van der Waals surface area (Å²) in [4.78, 5) is 22.3. The molecular formula is C20H30O4. The van der Waals surface area contributed by atoms with Crippen molar-refractivity contribution in [3.63, 3.8) is 0 Å². The molecule has 0 unspecified atom stereocenters. The highest BCUT2D eigenvalue weighted by molar-refractivity contribution is 5.81. The number of carbonyl (C=O) groups excluding carboxylic acids is 2. The fourth-order valence-electron chi connectivity index (χ4n) is 2.60. The summed E-state index contributed by atoms with van der Waals surface area (Å²) in [5.41, 5.74) is 1.42. The highest BCUT2D eigenvalue weighted by atomic mass is 16.7. The number of aryl methyl sites for hydroxylation is 1. The molecule has 0 aromatic heterocycles. The lowest BCUT2D eigenvalue weighted by Gasteiger charge is -2.04. The minimum absolute atomic E-state index is 0.220. The van der Waals surface area contributed by atoms with E-state index < -0.39 is 12.1 Å². The summed E-state index contributed by atoms with van der Waals surface area (Å²) in [5, 5.41) is 0. The van der Waals surface area contributed by atoms with Crippen molar-refractivity contribution >= 4 is 12.1 Å². The van der Waals surface area contributed by atoms with Gasteiger partial charge in [-0.15, -0.1) is 0 Å². The maximum atomic E-state index is 11.3. The number of esters is 1. The molecule has 0 aliphatic heterocycles. The Labute approximate surface area is 145 Å². The molecule has 0 heterocycles. The first-order valence-corrected chi connectivity index (χ1v) is 9.13. The summed E-state index contributed by atoms with van der Waals surface area (Å²) >= 11 is 0. The van der Waals surface area contributed by atoms with Crippen LogP contribution in [0.4, 0.5) is 4.79 Å². The van der Waals surface area contributed by atoms with E-state index in [1.54, 1.807) is 6.92 Å². The fraction of sp³-hybridized carbons (Fsp3) is 0.600. The van der Waals surface area contributed by atoms with Crippen molar-refractivity contribution in [2.24, 2.45) is 0 Å². The van der Waals surface area contributed by atoms with Crippen LogP contribution >= 0.6 is 0 Å². The Morgan fingerprint density at radius 3 is 2.04 bits per heavy atom. The minimum Gasteiger partial charge on any atom is -0.434 e. The van der Waals surface area contributed by atoms with E-state index in [1.807, 2.05) is 0 Å². The van der Waals surface area contributed by atoms with Gasteiger partial charge >= 0.3 is 12.1 Å². The number of rotatable bonds is 12. The predicted molar refractivity (Wildman–Crippen MR) is 94.8 cm³/mol. The quantitative estimate of drug-likeness (QED) is 0.290. The minimum atomic E-state index is -0.891. The van der Waals surface area contributed by atoms with Gasteiger partial charge < -0.3 is 9.47 Å². The molecule has 4 heteroatoms.